The van der Waals surface area contributed by atoms with Gasteiger partial charge in [-0.15, -0.1) is 0 Å². The molecule has 0 aliphatic rings. The van der Waals surface area contributed by atoms with Crippen molar-refractivity contribution in [1.82, 2.24) is 14.5 Å². The van der Waals surface area contributed by atoms with Gasteiger partial charge in [0, 0.05) is 12.4 Å². The van der Waals surface area contributed by atoms with E-state index in [9.17, 15) is 0 Å². The van der Waals surface area contributed by atoms with E-state index in [0.29, 0.717) is 11.5 Å². The maximum absolute atomic E-state index is 8.81. The normalized spacial score (nSPS) is 9.87. The molecule has 2 N–H and O–H groups in total. The molecular formula is C9H6BrN5. The van der Waals surface area contributed by atoms with Crippen LogP contribution in [0.2, 0.25) is 0 Å². The summed E-state index contributed by atoms with van der Waals surface area (Å²) < 4.78 is 2.31. The van der Waals surface area contributed by atoms with Crippen molar-refractivity contribution in [2.24, 2.45) is 0 Å². The van der Waals surface area contributed by atoms with Crippen molar-refractivity contribution in [2.75, 3.05) is 5.73 Å². The Bertz CT molecular complexity index is 540. The van der Waals surface area contributed by atoms with Crippen molar-refractivity contribution in [3.8, 4) is 11.9 Å². The van der Waals surface area contributed by atoms with E-state index in [4.69, 9.17) is 11.0 Å². The molecule has 74 valence electrons. The lowest BCUT2D eigenvalue weighted by Crippen LogP contribution is -2.01. The van der Waals surface area contributed by atoms with Gasteiger partial charge in [-0.1, -0.05) is 0 Å². The topological polar surface area (TPSA) is 80.5 Å². The Morgan fingerprint density at radius 1 is 1.47 bits per heavy atom. The van der Waals surface area contributed by atoms with E-state index < -0.39 is 0 Å². The van der Waals surface area contributed by atoms with E-state index in [1.165, 1.54) is 6.20 Å². The zero-order valence-corrected chi connectivity index (χ0v) is 9.14. The molecule has 5 nitrogen and oxygen atoms in total. The van der Waals surface area contributed by atoms with Crippen molar-refractivity contribution < 1.29 is 0 Å². The fourth-order valence-electron chi connectivity index (χ4n) is 1.18. The lowest BCUT2D eigenvalue weighted by atomic mass is 10.4. The zero-order chi connectivity index (χ0) is 10.8. The van der Waals surface area contributed by atoms with Crippen LogP contribution >= 0.6 is 15.9 Å². The van der Waals surface area contributed by atoms with E-state index in [1.54, 1.807) is 23.0 Å². The van der Waals surface area contributed by atoms with Gasteiger partial charge in [0.15, 0.2) is 5.82 Å². The quantitative estimate of drug-likeness (QED) is 0.845. The van der Waals surface area contributed by atoms with Crippen molar-refractivity contribution in [3.05, 3.63) is 35.0 Å². The highest BCUT2D eigenvalue weighted by molar-refractivity contribution is 9.10. The number of rotatable bonds is 1. The molecule has 15 heavy (non-hydrogen) atoms. The summed E-state index contributed by atoms with van der Waals surface area (Å²) in [6.07, 6.45) is 4.74. The predicted molar refractivity (Wildman–Crippen MR) is 58.2 cm³/mol. The Balaban J connectivity index is 2.60. The van der Waals surface area contributed by atoms with Crippen LogP contribution in [0.3, 0.4) is 0 Å². The molecule has 0 spiro atoms. The molecule has 0 saturated carbocycles. The van der Waals surface area contributed by atoms with Crippen molar-refractivity contribution >= 4 is 21.6 Å². The molecule has 6 heteroatoms. The van der Waals surface area contributed by atoms with Gasteiger partial charge in [-0.2, -0.15) is 5.26 Å². The molecule has 0 aromatic carbocycles. The average molecular weight is 264 g/mol. The molecular weight excluding hydrogens is 258 g/mol. The summed E-state index contributed by atoms with van der Waals surface area (Å²) >= 11 is 3.33. The van der Waals surface area contributed by atoms with Gasteiger partial charge in [0.25, 0.3) is 0 Å². The third kappa shape index (κ3) is 1.69. The second-order valence-electron chi connectivity index (χ2n) is 2.81. The Morgan fingerprint density at radius 2 is 2.27 bits per heavy atom. The fourth-order valence-corrected chi connectivity index (χ4v) is 1.74. The van der Waals surface area contributed by atoms with Crippen LogP contribution in [0, 0.1) is 11.3 Å². The van der Waals surface area contributed by atoms with E-state index in [0.717, 1.165) is 4.47 Å². The summed E-state index contributed by atoms with van der Waals surface area (Å²) in [5, 5.41) is 8.81. The number of anilines is 1. The molecule has 0 aliphatic heterocycles. The Morgan fingerprint density at radius 3 is 2.93 bits per heavy atom. The van der Waals surface area contributed by atoms with Crippen LogP contribution in [0.25, 0.3) is 5.82 Å². The highest BCUT2D eigenvalue weighted by atomic mass is 79.9. The maximum Gasteiger partial charge on any atom is 0.218 e. The van der Waals surface area contributed by atoms with Crippen LogP contribution in [0.4, 0.5) is 5.69 Å². The summed E-state index contributed by atoms with van der Waals surface area (Å²) in [5.74, 6) is 0.881. The first-order valence-electron chi connectivity index (χ1n) is 4.07. The van der Waals surface area contributed by atoms with Gasteiger partial charge in [-0.05, 0) is 22.0 Å². The van der Waals surface area contributed by atoms with Crippen LogP contribution in [-0.2, 0) is 0 Å². The van der Waals surface area contributed by atoms with Crippen LogP contribution < -0.4 is 5.73 Å². The smallest absolute Gasteiger partial charge is 0.218 e. The van der Waals surface area contributed by atoms with Gasteiger partial charge in [0.1, 0.15) is 6.07 Å². The van der Waals surface area contributed by atoms with Crippen LogP contribution in [0.1, 0.15) is 5.82 Å². The van der Waals surface area contributed by atoms with Crippen molar-refractivity contribution in [3.63, 3.8) is 0 Å². The largest absolute Gasteiger partial charge is 0.397 e. The Hall–Kier alpha value is -1.87. The number of aromatic nitrogens is 3. The minimum Gasteiger partial charge on any atom is -0.397 e. The van der Waals surface area contributed by atoms with Gasteiger partial charge >= 0.3 is 0 Å². The highest BCUT2D eigenvalue weighted by Gasteiger charge is 2.08. The van der Waals surface area contributed by atoms with Gasteiger partial charge < -0.3 is 5.73 Å². The van der Waals surface area contributed by atoms with E-state index in [-0.39, 0.29) is 5.82 Å². The minimum atomic E-state index is 0.285. The average Bonchev–Trinajstić information content (AvgIpc) is 2.65. The lowest BCUT2D eigenvalue weighted by molar-refractivity contribution is 0.960. The number of nitrogens with zero attached hydrogens (tertiary/aromatic N) is 4. The Kier molecular flexibility index (Phi) is 2.39. The van der Waals surface area contributed by atoms with Crippen LogP contribution in [-0.4, -0.2) is 14.5 Å². The van der Waals surface area contributed by atoms with Crippen molar-refractivity contribution in [1.29, 1.82) is 5.26 Å². The van der Waals surface area contributed by atoms with E-state index in [2.05, 4.69) is 25.9 Å². The minimum absolute atomic E-state index is 0.285. The molecule has 0 amide bonds. The first-order valence-corrected chi connectivity index (χ1v) is 4.86. The van der Waals surface area contributed by atoms with Gasteiger partial charge in [0.2, 0.25) is 5.82 Å². The fraction of sp³-hybridized carbons (Fsp3) is 0. The first kappa shape index (κ1) is 9.68. The van der Waals surface area contributed by atoms with Gasteiger partial charge in [-0.3, -0.25) is 4.57 Å². The maximum atomic E-state index is 8.81. The van der Waals surface area contributed by atoms with E-state index in [1.807, 2.05) is 6.07 Å². The number of halogens is 1. The SMILES string of the molecule is N#Cc1nccn1-c1ncc(N)cc1Br. The molecule has 0 radical (unpaired) electrons. The molecule has 0 saturated heterocycles. The summed E-state index contributed by atoms with van der Waals surface area (Å²) in [7, 11) is 0. The number of nitrogen functional groups attached to an aromatic ring is 1. The predicted octanol–water partition coefficient (Wildman–Crippen LogP) is 1.48. The zero-order valence-electron chi connectivity index (χ0n) is 7.55. The second kappa shape index (κ2) is 3.71. The molecule has 0 atom stereocenters. The van der Waals surface area contributed by atoms with Gasteiger partial charge in [-0.25, -0.2) is 9.97 Å². The molecule has 0 unspecified atom stereocenters. The molecule has 0 aliphatic carbocycles. The molecule has 0 fully saturated rings. The number of hydrogen-bond acceptors (Lipinski definition) is 4. The summed E-state index contributed by atoms with van der Waals surface area (Å²) in [4.78, 5) is 8.01. The third-order valence-electron chi connectivity index (χ3n) is 1.81. The highest BCUT2D eigenvalue weighted by Crippen LogP contribution is 2.21. The van der Waals surface area contributed by atoms with Crippen LogP contribution in [0.15, 0.2) is 29.1 Å². The summed E-state index contributed by atoms with van der Waals surface area (Å²) in [6.45, 7) is 0. The number of hydrogen-bond donors (Lipinski definition) is 1. The molecule has 2 rings (SSSR count). The number of imidazole rings is 1. The molecule has 2 aromatic heterocycles. The van der Waals surface area contributed by atoms with Gasteiger partial charge in [0.05, 0.1) is 16.4 Å². The molecule has 2 heterocycles. The number of nitrogens with two attached hydrogens (primary N) is 1. The third-order valence-corrected chi connectivity index (χ3v) is 2.40. The monoisotopic (exact) mass is 263 g/mol. The number of nitriles is 1. The molecule has 0 bridgehead atoms. The summed E-state index contributed by atoms with van der Waals surface area (Å²) in [5.41, 5.74) is 6.13. The number of pyridine rings is 1. The van der Waals surface area contributed by atoms with Crippen LogP contribution in [0.5, 0.6) is 0 Å². The van der Waals surface area contributed by atoms with Crippen molar-refractivity contribution in [2.45, 2.75) is 0 Å². The van der Waals surface area contributed by atoms with E-state index >= 15 is 0 Å². The lowest BCUT2D eigenvalue weighted by Gasteiger charge is -2.05. The Labute approximate surface area is 94.3 Å². The second-order valence-corrected chi connectivity index (χ2v) is 3.66. The first-order chi connectivity index (χ1) is 7.22. The summed E-state index contributed by atoms with van der Waals surface area (Å²) in [6, 6.07) is 3.70. The molecule has 2 aromatic rings. The standard InChI is InChI=1S/C9H6BrN5/c10-7-3-6(12)5-14-9(7)15-2-1-13-8(15)4-11/h1-3,5H,12H2.